The van der Waals surface area contributed by atoms with Gasteiger partial charge in [0.1, 0.15) is 5.54 Å². The van der Waals surface area contributed by atoms with E-state index in [4.69, 9.17) is 5.26 Å². The van der Waals surface area contributed by atoms with Crippen LogP contribution in [0.3, 0.4) is 0 Å². The summed E-state index contributed by atoms with van der Waals surface area (Å²) in [5, 5.41) is 11.5. The van der Waals surface area contributed by atoms with E-state index in [2.05, 4.69) is 5.32 Å². The zero-order chi connectivity index (χ0) is 16.3. The molecule has 5 nitrogen and oxygen atoms in total. The molecule has 0 spiro atoms. The number of rotatable bonds is 3. The molecule has 0 bridgehead atoms. The lowest BCUT2D eigenvalue weighted by molar-refractivity contribution is -0.123. The first-order valence-corrected chi connectivity index (χ1v) is 6.86. The van der Waals surface area contributed by atoms with E-state index in [1.807, 2.05) is 6.07 Å². The number of amides is 1. The topological polar surface area (TPSA) is 74.9 Å². The lowest BCUT2D eigenvalue weighted by Crippen LogP contribution is -2.45. The van der Waals surface area contributed by atoms with Crippen molar-refractivity contribution in [3.05, 3.63) is 64.1 Å². The Balaban J connectivity index is 2.29. The van der Waals surface area contributed by atoms with Crippen LogP contribution in [-0.2, 0) is 10.3 Å². The molecule has 0 aliphatic carbocycles. The van der Waals surface area contributed by atoms with Crippen molar-refractivity contribution in [3.8, 4) is 6.07 Å². The summed E-state index contributed by atoms with van der Waals surface area (Å²) in [5.41, 5.74) is 0.464. The Morgan fingerprint density at radius 3 is 2.45 bits per heavy atom. The number of nitriles is 1. The summed E-state index contributed by atoms with van der Waals surface area (Å²) in [6.45, 7) is 5.09. The predicted octanol–water partition coefficient (Wildman–Crippen LogP) is 2.40. The number of pyridine rings is 1. The maximum atomic E-state index is 12.5. The van der Waals surface area contributed by atoms with Crippen LogP contribution in [0.5, 0.6) is 0 Å². The number of benzene rings is 1. The summed E-state index contributed by atoms with van der Waals surface area (Å²) >= 11 is 0. The molecule has 112 valence electrons. The first-order chi connectivity index (χ1) is 10.4. The smallest absolute Gasteiger partial charge is 0.254 e. The van der Waals surface area contributed by atoms with Crippen molar-refractivity contribution in [1.82, 2.24) is 4.57 Å². The van der Waals surface area contributed by atoms with E-state index in [0.717, 1.165) is 0 Å². The third-order valence-corrected chi connectivity index (χ3v) is 3.57. The van der Waals surface area contributed by atoms with Gasteiger partial charge in [-0.3, -0.25) is 9.59 Å². The molecule has 0 radical (unpaired) electrons. The van der Waals surface area contributed by atoms with Gasteiger partial charge in [0.2, 0.25) is 5.91 Å². The van der Waals surface area contributed by atoms with Crippen molar-refractivity contribution in [3.63, 3.8) is 0 Å². The van der Waals surface area contributed by atoms with Crippen LogP contribution in [0.4, 0.5) is 5.69 Å². The second-order valence-corrected chi connectivity index (χ2v) is 5.57. The summed E-state index contributed by atoms with van der Waals surface area (Å²) in [6.07, 6.45) is 1.60. The van der Waals surface area contributed by atoms with Crippen LogP contribution in [0.2, 0.25) is 0 Å². The zero-order valence-corrected chi connectivity index (χ0v) is 12.8. The highest BCUT2D eigenvalue weighted by Gasteiger charge is 2.30. The van der Waals surface area contributed by atoms with Crippen molar-refractivity contribution in [2.75, 3.05) is 5.32 Å². The Bertz CT molecular complexity index is 796. The number of nitrogens with zero attached hydrogens (tertiary/aromatic N) is 2. The van der Waals surface area contributed by atoms with Gasteiger partial charge < -0.3 is 9.88 Å². The maximum Gasteiger partial charge on any atom is 0.254 e. The maximum absolute atomic E-state index is 12.5. The number of carbonyl (C=O) groups is 1. The first-order valence-electron chi connectivity index (χ1n) is 6.86. The van der Waals surface area contributed by atoms with Gasteiger partial charge in [-0.25, -0.2) is 0 Å². The summed E-state index contributed by atoms with van der Waals surface area (Å²) in [6, 6.07) is 12.0. The molecule has 0 saturated heterocycles. The molecule has 1 aromatic heterocycles. The van der Waals surface area contributed by atoms with Gasteiger partial charge in [-0.2, -0.15) is 5.26 Å². The van der Waals surface area contributed by atoms with Gasteiger partial charge in [0.05, 0.1) is 11.6 Å². The first kappa shape index (κ1) is 15.5. The second kappa shape index (κ2) is 5.86. The standard InChI is InChI=1S/C17H17N3O2/c1-12-5-4-10-20(15(12)21)17(2,3)16(22)19-14-8-6-13(11-18)7-9-14/h4-10H,1-3H3,(H,19,22). The number of aryl methyl sites for hydroxylation is 1. The van der Waals surface area contributed by atoms with Gasteiger partial charge in [-0.05, 0) is 51.1 Å². The highest BCUT2D eigenvalue weighted by atomic mass is 16.2. The van der Waals surface area contributed by atoms with Crippen LogP contribution in [0.25, 0.3) is 0 Å². The lowest BCUT2D eigenvalue weighted by Gasteiger charge is -2.26. The average Bonchev–Trinajstić information content (AvgIpc) is 2.50. The number of hydrogen-bond donors (Lipinski definition) is 1. The van der Waals surface area contributed by atoms with Crippen molar-refractivity contribution in [2.24, 2.45) is 0 Å². The van der Waals surface area contributed by atoms with Gasteiger partial charge in [-0.15, -0.1) is 0 Å². The second-order valence-electron chi connectivity index (χ2n) is 5.57. The molecule has 0 fully saturated rings. The SMILES string of the molecule is Cc1cccn(C(C)(C)C(=O)Nc2ccc(C#N)cc2)c1=O. The van der Waals surface area contributed by atoms with Crippen molar-refractivity contribution < 1.29 is 4.79 Å². The summed E-state index contributed by atoms with van der Waals surface area (Å²) in [7, 11) is 0. The molecule has 0 atom stereocenters. The third kappa shape index (κ3) is 2.91. The minimum atomic E-state index is -1.03. The molecule has 0 unspecified atom stereocenters. The molecule has 0 aliphatic heterocycles. The fourth-order valence-corrected chi connectivity index (χ4v) is 2.06. The Kier molecular flexibility index (Phi) is 4.13. The normalized spacial score (nSPS) is 10.8. The number of hydrogen-bond acceptors (Lipinski definition) is 3. The average molecular weight is 295 g/mol. The van der Waals surface area contributed by atoms with Crippen LogP contribution in [-0.4, -0.2) is 10.5 Å². The van der Waals surface area contributed by atoms with Crippen molar-refractivity contribution in [1.29, 1.82) is 5.26 Å². The minimum Gasteiger partial charge on any atom is -0.324 e. The Morgan fingerprint density at radius 1 is 1.23 bits per heavy atom. The molecule has 22 heavy (non-hydrogen) atoms. The molecular formula is C17H17N3O2. The summed E-state index contributed by atoms with van der Waals surface area (Å²) < 4.78 is 1.42. The molecule has 2 rings (SSSR count). The van der Waals surface area contributed by atoms with Crippen LogP contribution in [0.15, 0.2) is 47.4 Å². The molecule has 5 heteroatoms. The minimum absolute atomic E-state index is 0.192. The third-order valence-electron chi connectivity index (χ3n) is 3.57. The highest BCUT2D eigenvalue weighted by Crippen LogP contribution is 2.17. The van der Waals surface area contributed by atoms with Crippen LogP contribution >= 0.6 is 0 Å². The summed E-state index contributed by atoms with van der Waals surface area (Å²) in [4.78, 5) is 24.7. The number of anilines is 1. The predicted molar refractivity (Wildman–Crippen MR) is 84.5 cm³/mol. The zero-order valence-electron chi connectivity index (χ0n) is 12.8. The quantitative estimate of drug-likeness (QED) is 0.944. The monoisotopic (exact) mass is 295 g/mol. The van der Waals surface area contributed by atoms with E-state index in [1.165, 1.54) is 4.57 Å². The Hall–Kier alpha value is -2.87. The van der Waals surface area contributed by atoms with Gasteiger partial charge >= 0.3 is 0 Å². The molecule has 1 aromatic carbocycles. The Labute approximate surface area is 128 Å². The lowest BCUT2D eigenvalue weighted by atomic mass is 10.0. The molecular weight excluding hydrogens is 278 g/mol. The van der Waals surface area contributed by atoms with Gasteiger partial charge in [0.25, 0.3) is 5.56 Å². The molecule has 1 amide bonds. The van der Waals surface area contributed by atoms with Gasteiger partial charge in [0, 0.05) is 17.4 Å². The van der Waals surface area contributed by atoms with E-state index in [9.17, 15) is 9.59 Å². The van der Waals surface area contributed by atoms with E-state index >= 15 is 0 Å². The van der Waals surface area contributed by atoms with Crippen molar-refractivity contribution in [2.45, 2.75) is 26.3 Å². The van der Waals surface area contributed by atoms with Gasteiger partial charge in [-0.1, -0.05) is 6.07 Å². The van der Waals surface area contributed by atoms with E-state index in [0.29, 0.717) is 16.8 Å². The van der Waals surface area contributed by atoms with E-state index in [-0.39, 0.29) is 11.5 Å². The Morgan fingerprint density at radius 2 is 1.86 bits per heavy atom. The van der Waals surface area contributed by atoms with Crippen LogP contribution < -0.4 is 10.9 Å². The van der Waals surface area contributed by atoms with Gasteiger partial charge in [0.15, 0.2) is 0 Å². The van der Waals surface area contributed by atoms with E-state index in [1.54, 1.807) is 63.4 Å². The fraction of sp³-hybridized carbons (Fsp3) is 0.235. The number of nitrogens with one attached hydrogen (secondary N) is 1. The summed E-state index contributed by atoms with van der Waals surface area (Å²) in [5.74, 6) is -0.301. The highest BCUT2D eigenvalue weighted by molar-refractivity contribution is 5.96. The van der Waals surface area contributed by atoms with Crippen molar-refractivity contribution >= 4 is 11.6 Å². The molecule has 0 aliphatic rings. The van der Waals surface area contributed by atoms with E-state index < -0.39 is 5.54 Å². The fourth-order valence-electron chi connectivity index (χ4n) is 2.06. The van der Waals surface area contributed by atoms with Crippen LogP contribution in [0, 0.1) is 18.3 Å². The number of aromatic nitrogens is 1. The molecule has 0 saturated carbocycles. The molecule has 2 aromatic rings. The largest absolute Gasteiger partial charge is 0.324 e. The number of carbonyl (C=O) groups excluding carboxylic acids is 1. The molecule has 1 heterocycles. The molecule has 1 N–H and O–H groups in total. The van der Waals surface area contributed by atoms with Crippen LogP contribution in [0.1, 0.15) is 25.0 Å².